The maximum atomic E-state index is 13.0. The number of aryl methyl sites for hydroxylation is 1. The Hall–Kier alpha value is -4.34. The second-order valence-electron chi connectivity index (χ2n) is 8.31. The first-order valence-corrected chi connectivity index (χ1v) is 10.8. The summed E-state index contributed by atoms with van der Waals surface area (Å²) < 4.78 is 78.2. The number of benzene rings is 4. The lowest BCUT2D eigenvalue weighted by Crippen LogP contribution is -2.12. The van der Waals surface area contributed by atoms with E-state index in [1.807, 2.05) is 42.5 Å². The fourth-order valence-electron chi connectivity index (χ4n) is 3.72. The van der Waals surface area contributed by atoms with Crippen molar-refractivity contribution in [2.24, 2.45) is 0 Å². The number of rotatable bonds is 2. The highest BCUT2D eigenvalue weighted by molar-refractivity contribution is 5.77. The minimum absolute atomic E-state index is 0.0847. The molecule has 0 aliphatic carbocycles. The summed E-state index contributed by atoms with van der Waals surface area (Å²) >= 11 is 0. The van der Waals surface area contributed by atoms with E-state index in [0.29, 0.717) is 12.1 Å². The highest BCUT2D eigenvalue weighted by Crippen LogP contribution is 2.43. The largest absolute Gasteiger partial charge is 0.417 e. The van der Waals surface area contributed by atoms with Crippen LogP contribution in [0.3, 0.4) is 0 Å². The summed E-state index contributed by atoms with van der Waals surface area (Å²) in [5, 5.41) is 0. The van der Waals surface area contributed by atoms with Crippen molar-refractivity contribution in [1.29, 1.82) is 0 Å². The molecule has 0 amide bonds. The Morgan fingerprint density at radius 1 is 0.486 bits per heavy atom. The summed E-state index contributed by atoms with van der Waals surface area (Å²) in [5.74, 6) is 0. The van der Waals surface area contributed by atoms with Crippen LogP contribution >= 0.6 is 0 Å². The quantitative estimate of drug-likeness (QED) is 0.164. The lowest BCUT2D eigenvalue weighted by atomic mass is 9.93. The van der Waals surface area contributed by atoms with E-state index < -0.39 is 34.6 Å². The summed E-state index contributed by atoms with van der Waals surface area (Å²) in [4.78, 5) is 0. The molecule has 0 aliphatic heterocycles. The Labute approximate surface area is 209 Å². The molecular formula is C27H24F6N4. The van der Waals surface area contributed by atoms with E-state index in [4.69, 9.17) is 22.9 Å². The van der Waals surface area contributed by atoms with Gasteiger partial charge in [-0.2, -0.15) is 26.3 Å². The van der Waals surface area contributed by atoms with Gasteiger partial charge in [0.15, 0.2) is 0 Å². The highest BCUT2D eigenvalue weighted by Gasteiger charge is 2.38. The van der Waals surface area contributed by atoms with Crippen molar-refractivity contribution in [3.05, 3.63) is 95.6 Å². The molecule has 4 aromatic carbocycles. The van der Waals surface area contributed by atoms with E-state index in [9.17, 15) is 26.3 Å². The predicted octanol–water partition coefficient (Wildman–Crippen LogP) is 7.38. The molecule has 0 heterocycles. The van der Waals surface area contributed by atoms with Crippen LogP contribution < -0.4 is 22.9 Å². The zero-order chi connectivity index (χ0) is 27.5. The maximum Gasteiger partial charge on any atom is 0.417 e. The summed E-state index contributed by atoms with van der Waals surface area (Å²) in [6, 6.07) is 18.7. The van der Waals surface area contributed by atoms with Crippen molar-refractivity contribution in [3.63, 3.8) is 0 Å². The molecule has 4 nitrogen and oxygen atoms in total. The standard InChI is InChI=1S/C14H10F6N2.C13H14N2/c15-13(16,17)11-3-1-7(21)5-9(11)10-6-8(22)2-4-12(10)14(18,19)20;1-9-5-6-12(15)8-13(9)10-3-2-4-11(14)7-10/h1-6H,21-22H2;2-8H,14-15H2,1H3. The average Bonchev–Trinajstić information content (AvgIpc) is 2.79. The molecule has 0 fully saturated rings. The van der Waals surface area contributed by atoms with Crippen molar-refractivity contribution in [3.8, 4) is 22.3 Å². The molecule has 8 N–H and O–H groups in total. The summed E-state index contributed by atoms with van der Waals surface area (Å²) in [7, 11) is 0. The molecule has 194 valence electrons. The van der Waals surface area contributed by atoms with Gasteiger partial charge in [0.1, 0.15) is 0 Å². The Bertz CT molecular complexity index is 1350. The minimum Gasteiger partial charge on any atom is -0.399 e. The number of hydrogen-bond acceptors (Lipinski definition) is 4. The Balaban J connectivity index is 0.000000220. The number of nitrogen functional groups attached to an aromatic ring is 4. The number of anilines is 4. The van der Waals surface area contributed by atoms with E-state index >= 15 is 0 Å². The van der Waals surface area contributed by atoms with Crippen molar-refractivity contribution in [1.82, 2.24) is 0 Å². The Morgan fingerprint density at radius 2 is 0.892 bits per heavy atom. The van der Waals surface area contributed by atoms with Gasteiger partial charge in [-0.1, -0.05) is 18.2 Å². The van der Waals surface area contributed by atoms with Crippen LogP contribution in [-0.2, 0) is 12.4 Å². The zero-order valence-electron chi connectivity index (χ0n) is 19.6. The van der Waals surface area contributed by atoms with E-state index in [0.717, 1.165) is 46.8 Å². The fourth-order valence-corrected chi connectivity index (χ4v) is 3.72. The Kier molecular flexibility index (Phi) is 7.61. The van der Waals surface area contributed by atoms with Crippen LogP contribution in [0.1, 0.15) is 16.7 Å². The molecule has 0 spiro atoms. The maximum absolute atomic E-state index is 13.0. The van der Waals surface area contributed by atoms with Crippen molar-refractivity contribution < 1.29 is 26.3 Å². The molecule has 0 atom stereocenters. The van der Waals surface area contributed by atoms with Crippen LogP contribution in [-0.4, -0.2) is 0 Å². The van der Waals surface area contributed by atoms with Gasteiger partial charge in [0.25, 0.3) is 0 Å². The molecular weight excluding hydrogens is 494 g/mol. The first-order chi connectivity index (χ1) is 17.2. The van der Waals surface area contributed by atoms with E-state index in [1.54, 1.807) is 0 Å². The van der Waals surface area contributed by atoms with Crippen LogP contribution in [0.15, 0.2) is 78.9 Å². The summed E-state index contributed by atoms with van der Waals surface area (Å²) in [6.45, 7) is 2.07. The van der Waals surface area contributed by atoms with E-state index in [-0.39, 0.29) is 11.4 Å². The van der Waals surface area contributed by atoms with E-state index in [1.165, 1.54) is 5.56 Å². The smallest absolute Gasteiger partial charge is 0.399 e. The first-order valence-electron chi connectivity index (χ1n) is 10.8. The molecule has 4 aromatic rings. The normalized spacial score (nSPS) is 11.5. The lowest BCUT2D eigenvalue weighted by Gasteiger charge is -2.18. The van der Waals surface area contributed by atoms with Gasteiger partial charge in [0.05, 0.1) is 11.1 Å². The summed E-state index contributed by atoms with van der Waals surface area (Å²) in [5.41, 5.74) is 23.5. The number of alkyl halides is 6. The minimum atomic E-state index is -4.82. The highest BCUT2D eigenvalue weighted by atomic mass is 19.4. The van der Waals surface area contributed by atoms with Gasteiger partial charge in [0.2, 0.25) is 0 Å². The molecule has 4 rings (SSSR count). The van der Waals surface area contributed by atoms with Crippen molar-refractivity contribution >= 4 is 22.7 Å². The van der Waals surface area contributed by atoms with Gasteiger partial charge in [-0.15, -0.1) is 0 Å². The third-order valence-electron chi connectivity index (χ3n) is 5.45. The average molecular weight is 519 g/mol. The number of nitrogens with two attached hydrogens (primary N) is 4. The molecule has 0 saturated carbocycles. The van der Waals surface area contributed by atoms with Gasteiger partial charge >= 0.3 is 12.4 Å². The van der Waals surface area contributed by atoms with E-state index in [2.05, 4.69) is 6.92 Å². The predicted molar refractivity (Wildman–Crippen MR) is 136 cm³/mol. The second-order valence-corrected chi connectivity index (χ2v) is 8.31. The molecule has 0 aromatic heterocycles. The first kappa shape index (κ1) is 27.3. The van der Waals surface area contributed by atoms with Crippen molar-refractivity contribution in [2.75, 3.05) is 22.9 Å². The van der Waals surface area contributed by atoms with Gasteiger partial charge in [-0.25, -0.2) is 0 Å². The third kappa shape index (κ3) is 6.66. The molecule has 0 unspecified atom stereocenters. The monoisotopic (exact) mass is 518 g/mol. The van der Waals surface area contributed by atoms with Crippen LogP contribution in [0.2, 0.25) is 0 Å². The third-order valence-corrected chi connectivity index (χ3v) is 5.45. The topological polar surface area (TPSA) is 104 Å². The molecule has 0 radical (unpaired) electrons. The molecule has 0 bridgehead atoms. The number of halogens is 6. The Morgan fingerprint density at radius 3 is 1.32 bits per heavy atom. The molecule has 0 aliphatic rings. The van der Waals surface area contributed by atoms with Gasteiger partial charge in [-0.05, 0) is 95.4 Å². The van der Waals surface area contributed by atoms with Crippen LogP contribution in [0.25, 0.3) is 22.3 Å². The summed E-state index contributed by atoms with van der Waals surface area (Å²) in [6.07, 6.45) is -9.65. The molecule has 0 saturated heterocycles. The SMILES string of the molecule is Cc1ccc(N)cc1-c1cccc(N)c1.Nc1ccc(C(F)(F)F)c(-c2cc(N)ccc2C(F)(F)F)c1. The van der Waals surface area contributed by atoms with Crippen LogP contribution in [0, 0.1) is 6.92 Å². The number of hydrogen-bond donors (Lipinski definition) is 4. The second kappa shape index (κ2) is 10.3. The molecule has 37 heavy (non-hydrogen) atoms. The fraction of sp³-hybridized carbons (Fsp3) is 0.111. The van der Waals surface area contributed by atoms with Crippen LogP contribution in [0.4, 0.5) is 49.1 Å². The van der Waals surface area contributed by atoms with Gasteiger partial charge < -0.3 is 22.9 Å². The van der Waals surface area contributed by atoms with Gasteiger partial charge in [-0.3, -0.25) is 0 Å². The van der Waals surface area contributed by atoms with Gasteiger partial charge in [0, 0.05) is 22.7 Å². The van der Waals surface area contributed by atoms with Crippen molar-refractivity contribution in [2.45, 2.75) is 19.3 Å². The zero-order valence-corrected chi connectivity index (χ0v) is 19.6. The lowest BCUT2D eigenvalue weighted by molar-refractivity contribution is -0.139. The molecule has 10 heteroatoms. The van der Waals surface area contributed by atoms with Crippen LogP contribution in [0.5, 0.6) is 0 Å².